The maximum atomic E-state index is 14.3. The molecule has 1 aliphatic carbocycles. The summed E-state index contributed by atoms with van der Waals surface area (Å²) in [4.78, 5) is 12.1. The lowest BCUT2D eigenvalue weighted by Crippen LogP contribution is -2.12. The van der Waals surface area contributed by atoms with Crippen molar-refractivity contribution in [3.63, 3.8) is 0 Å². The highest BCUT2D eigenvalue weighted by Crippen LogP contribution is 2.33. The van der Waals surface area contributed by atoms with E-state index in [0.29, 0.717) is 11.5 Å². The van der Waals surface area contributed by atoms with Crippen molar-refractivity contribution in [1.29, 1.82) is 0 Å². The number of ether oxygens (including phenoxy) is 1. The zero-order chi connectivity index (χ0) is 17.1. The molecule has 4 heteroatoms. The molecule has 2 aromatic rings. The summed E-state index contributed by atoms with van der Waals surface area (Å²) in [5.41, 5.74) is 1.26. The monoisotopic (exact) mass is 330 g/mol. The van der Waals surface area contributed by atoms with Crippen LogP contribution >= 0.6 is 0 Å². The lowest BCUT2D eigenvalue weighted by Gasteiger charge is -2.22. The van der Waals surface area contributed by atoms with Crippen LogP contribution in [-0.4, -0.2) is 5.97 Å². The Morgan fingerprint density at radius 1 is 1.00 bits per heavy atom. The third kappa shape index (κ3) is 3.64. The van der Waals surface area contributed by atoms with E-state index < -0.39 is 17.6 Å². The van der Waals surface area contributed by atoms with Gasteiger partial charge in [-0.05, 0) is 55.0 Å². The molecule has 0 atom stereocenters. The van der Waals surface area contributed by atoms with Crippen LogP contribution in [0.1, 0.15) is 59.5 Å². The average Bonchev–Trinajstić information content (AvgIpc) is 2.59. The Morgan fingerprint density at radius 3 is 2.42 bits per heavy atom. The molecule has 0 radical (unpaired) electrons. The Labute approximate surface area is 140 Å². The standard InChI is InChI=1S/C20H20F2O2/c1-13-7-9-16(12-18(13)21)24-20(23)17-10-8-15(11-19(17)22)14-5-3-2-4-6-14/h7-12,14H,2-6H2,1H3. The minimum atomic E-state index is -0.814. The molecular weight excluding hydrogens is 310 g/mol. The summed E-state index contributed by atoms with van der Waals surface area (Å²) in [5.74, 6) is -1.43. The molecule has 2 nitrogen and oxygen atoms in total. The van der Waals surface area contributed by atoms with E-state index >= 15 is 0 Å². The van der Waals surface area contributed by atoms with Crippen molar-refractivity contribution < 1.29 is 18.3 Å². The number of aryl methyl sites for hydroxylation is 1. The van der Waals surface area contributed by atoms with E-state index in [2.05, 4.69) is 0 Å². The highest BCUT2D eigenvalue weighted by Gasteiger charge is 2.20. The maximum absolute atomic E-state index is 14.3. The van der Waals surface area contributed by atoms with Gasteiger partial charge in [0.15, 0.2) is 0 Å². The van der Waals surface area contributed by atoms with Crippen LogP contribution < -0.4 is 4.74 Å². The molecule has 1 saturated carbocycles. The number of halogens is 2. The minimum absolute atomic E-state index is 0.0684. The van der Waals surface area contributed by atoms with E-state index in [1.54, 1.807) is 13.0 Å². The molecule has 0 bridgehead atoms. The van der Waals surface area contributed by atoms with Gasteiger partial charge in [-0.2, -0.15) is 0 Å². The fraction of sp³-hybridized carbons (Fsp3) is 0.350. The van der Waals surface area contributed by atoms with Crippen LogP contribution in [0.2, 0.25) is 0 Å². The lowest BCUT2D eigenvalue weighted by molar-refractivity contribution is 0.0729. The summed E-state index contributed by atoms with van der Waals surface area (Å²) in [6, 6.07) is 8.83. The molecule has 2 aromatic carbocycles. The van der Waals surface area contributed by atoms with Crippen molar-refractivity contribution in [2.75, 3.05) is 0 Å². The van der Waals surface area contributed by atoms with Crippen molar-refractivity contribution >= 4 is 5.97 Å². The van der Waals surface area contributed by atoms with Crippen molar-refractivity contribution in [1.82, 2.24) is 0 Å². The molecule has 0 amide bonds. The van der Waals surface area contributed by atoms with Gasteiger partial charge in [0.1, 0.15) is 17.4 Å². The van der Waals surface area contributed by atoms with Gasteiger partial charge in [-0.25, -0.2) is 13.6 Å². The first-order valence-electron chi connectivity index (χ1n) is 8.32. The molecule has 0 N–H and O–H groups in total. The van der Waals surface area contributed by atoms with E-state index in [4.69, 9.17) is 4.74 Å². The number of carbonyl (C=O) groups is 1. The Hall–Kier alpha value is -2.23. The highest BCUT2D eigenvalue weighted by molar-refractivity contribution is 5.91. The average molecular weight is 330 g/mol. The van der Waals surface area contributed by atoms with Crippen LogP contribution in [0.15, 0.2) is 36.4 Å². The Bertz CT molecular complexity index is 749. The van der Waals surface area contributed by atoms with E-state index in [1.807, 2.05) is 0 Å². The van der Waals surface area contributed by atoms with Crippen molar-refractivity contribution in [2.24, 2.45) is 0 Å². The highest BCUT2D eigenvalue weighted by atomic mass is 19.1. The summed E-state index contributed by atoms with van der Waals surface area (Å²) in [6.07, 6.45) is 5.68. The molecule has 3 rings (SSSR count). The largest absolute Gasteiger partial charge is 0.423 e. The van der Waals surface area contributed by atoms with Gasteiger partial charge < -0.3 is 4.74 Å². The molecule has 24 heavy (non-hydrogen) atoms. The maximum Gasteiger partial charge on any atom is 0.346 e. The minimum Gasteiger partial charge on any atom is -0.423 e. The van der Waals surface area contributed by atoms with Gasteiger partial charge in [0.05, 0.1) is 5.56 Å². The third-order valence-electron chi connectivity index (χ3n) is 4.64. The fourth-order valence-corrected chi connectivity index (χ4v) is 3.19. The van der Waals surface area contributed by atoms with Crippen molar-refractivity contribution in [3.8, 4) is 5.75 Å². The predicted octanol–water partition coefficient (Wildman–Crippen LogP) is 5.54. The van der Waals surface area contributed by atoms with E-state index in [1.165, 1.54) is 30.7 Å². The number of rotatable bonds is 3. The van der Waals surface area contributed by atoms with Crippen LogP contribution in [0, 0.1) is 18.6 Å². The quantitative estimate of drug-likeness (QED) is 0.545. The van der Waals surface area contributed by atoms with E-state index in [9.17, 15) is 13.6 Å². The number of hydrogen-bond donors (Lipinski definition) is 0. The van der Waals surface area contributed by atoms with Crippen LogP contribution in [0.4, 0.5) is 8.78 Å². The molecule has 0 saturated heterocycles. The van der Waals surface area contributed by atoms with Crippen LogP contribution in [0.25, 0.3) is 0 Å². The number of hydrogen-bond acceptors (Lipinski definition) is 2. The van der Waals surface area contributed by atoms with Gasteiger partial charge in [0.25, 0.3) is 0 Å². The molecule has 1 fully saturated rings. The topological polar surface area (TPSA) is 26.3 Å². The van der Waals surface area contributed by atoms with Gasteiger partial charge in [-0.1, -0.05) is 31.4 Å². The Kier molecular flexibility index (Phi) is 4.93. The second-order valence-electron chi connectivity index (χ2n) is 6.37. The molecule has 0 unspecified atom stereocenters. The molecule has 0 spiro atoms. The second kappa shape index (κ2) is 7.12. The normalized spacial score (nSPS) is 15.3. The van der Waals surface area contributed by atoms with Gasteiger partial charge in [0.2, 0.25) is 0 Å². The van der Waals surface area contributed by atoms with Gasteiger partial charge in [-0.15, -0.1) is 0 Å². The zero-order valence-corrected chi connectivity index (χ0v) is 13.6. The van der Waals surface area contributed by atoms with Gasteiger partial charge in [0, 0.05) is 6.07 Å². The van der Waals surface area contributed by atoms with E-state index in [-0.39, 0.29) is 11.3 Å². The fourth-order valence-electron chi connectivity index (χ4n) is 3.19. The van der Waals surface area contributed by atoms with Crippen molar-refractivity contribution in [2.45, 2.75) is 44.9 Å². The summed E-state index contributed by atoms with van der Waals surface area (Å²) in [6.45, 7) is 1.62. The summed E-state index contributed by atoms with van der Waals surface area (Å²) in [5, 5.41) is 0. The third-order valence-corrected chi connectivity index (χ3v) is 4.64. The summed E-state index contributed by atoms with van der Waals surface area (Å²) in [7, 11) is 0. The van der Waals surface area contributed by atoms with Gasteiger partial charge in [-0.3, -0.25) is 0 Å². The smallest absolute Gasteiger partial charge is 0.346 e. The Morgan fingerprint density at radius 2 is 1.75 bits per heavy atom. The lowest BCUT2D eigenvalue weighted by atomic mass is 9.84. The number of carbonyl (C=O) groups excluding carboxylic acids is 1. The first-order valence-corrected chi connectivity index (χ1v) is 8.32. The molecule has 0 aromatic heterocycles. The van der Waals surface area contributed by atoms with Crippen LogP contribution in [-0.2, 0) is 0 Å². The molecule has 126 valence electrons. The summed E-state index contributed by atoms with van der Waals surface area (Å²) >= 11 is 0. The van der Waals surface area contributed by atoms with Crippen molar-refractivity contribution in [3.05, 3.63) is 64.7 Å². The van der Waals surface area contributed by atoms with E-state index in [0.717, 1.165) is 37.3 Å². The van der Waals surface area contributed by atoms with Gasteiger partial charge >= 0.3 is 5.97 Å². The summed E-state index contributed by atoms with van der Waals surface area (Å²) < 4.78 is 32.9. The second-order valence-corrected chi connectivity index (χ2v) is 6.37. The van der Waals surface area contributed by atoms with Crippen LogP contribution in [0.5, 0.6) is 5.75 Å². The zero-order valence-electron chi connectivity index (χ0n) is 13.6. The SMILES string of the molecule is Cc1ccc(OC(=O)c2ccc(C3CCCCC3)cc2F)cc1F. The molecule has 0 heterocycles. The number of esters is 1. The molecule has 0 aliphatic heterocycles. The molecule has 1 aliphatic rings. The molecular formula is C20H20F2O2. The first-order chi connectivity index (χ1) is 11.5. The first kappa shape index (κ1) is 16.6. The Balaban J connectivity index is 1.75. The van der Waals surface area contributed by atoms with Crippen LogP contribution in [0.3, 0.4) is 0 Å². The number of benzene rings is 2. The predicted molar refractivity (Wildman–Crippen MR) is 88.3 cm³/mol.